The van der Waals surface area contributed by atoms with Gasteiger partial charge >= 0.3 is 35.8 Å². The highest BCUT2D eigenvalue weighted by atomic mass is 79.9. The van der Waals surface area contributed by atoms with Crippen molar-refractivity contribution in [3.8, 4) is 0 Å². The van der Waals surface area contributed by atoms with Gasteiger partial charge < -0.3 is 47.8 Å². The van der Waals surface area contributed by atoms with Crippen molar-refractivity contribution in [1.82, 2.24) is 29.9 Å². The van der Waals surface area contributed by atoms with E-state index in [2.05, 4.69) is 269 Å². The van der Waals surface area contributed by atoms with Gasteiger partial charge in [0.15, 0.2) is 42.5 Å². The first-order valence-corrected chi connectivity index (χ1v) is 60.4. The number of thiazole rings is 6. The van der Waals surface area contributed by atoms with E-state index in [1.807, 2.05) is 174 Å². The third-order valence-electron chi connectivity index (χ3n) is 26.4. The van der Waals surface area contributed by atoms with Gasteiger partial charge in [0.05, 0.1) is 72.9 Å². The van der Waals surface area contributed by atoms with E-state index < -0.39 is 55.7 Å². The standard InChI is InChI=1S/C52H76N2O6S2Si.C30H37BrN2O4S2.C24H35NO3S.C12H14BrNO3S/c1-15-25-38(4)51(8,9)44(31-21-19-17-18-20-27-37(3)33-47-54-41(35-62-47)48(56)58-12)59-49(57)42-36-61-46(53-42)32-23-22-28-39-34-40(39)29-24-30-43(55)52(10,11)45(26-16-2)60-63(13,14)50(5,6)7;1-7-13-22(3)30(4,5)25(37-29(35)24-20-38-26(32-24)16-17-31)15-12-10-8-9-11-14-21(2)18-27-33-23(19-39-27)28(34)36-6;1-7-13-19(3)24(4,5)21(26)15-12-10-8-9-11-14-18(2)16-22-25-20(17-29-22)23(27)28-6;1-16-9(5-3-4-6-13)7-11-14-10(8-18-11)12(15)17-2/h15-29,32,35-40,43-45,55H,30-31,33-34H2,1-14H3;7-14,16-17,19-22,25H,15,18H2,1-6H3;7-14,17-19,21,26H,15-16H2,1-6H3;3-6,8-9H,7H2,1-2H3/b18-17-,21-19-,25-15+,26-16+,27-20+,28-22+,29-24-,32-23-;9-8-,12-10-,13-7+,14-11+,17-16-;9-8-,12-10-,13-7+,14-11+;5-3+,6-4-/t37-,38-,39+,40-,43-,44-,45-;21-,22-,25-;18-,19-,21-;9-/m0000/s1. The first kappa shape index (κ1) is 132. The summed E-state index contributed by atoms with van der Waals surface area (Å²) in [6.45, 7) is 49.0. The topological polar surface area (TPSA) is 294 Å². The molecule has 1 saturated carbocycles. The molecule has 7 rings (SSSR count). The van der Waals surface area contributed by atoms with Crippen LogP contribution in [0.2, 0.25) is 18.1 Å². The number of aliphatic hydroxyl groups excluding tert-OH is 2. The fraction of sp³-hybridized carbons (Fsp3) is 0.475. The third kappa shape index (κ3) is 47.4. The van der Waals surface area contributed by atoms with Crippen molar-refractivity contribution in [2.45, 2.75) is 258 Å². The molecule has 2 N–H and O–H groups in total. The van der Waals surface area contributed by atoms with Crippen LogP contribution in [0.25, 0.3) is 12.2 Å². The van der Waals surface area contributed by atoms with Crippen LogP contribution in [0, 0.1) is 69.0 Å². The molecule has 31 heteroatoms. The number of halogens is 2. The lowest BCUT2D eigenvalue weighted by atomic mass is 9.74. The first-order valence-electron chi connectivity index (χ1n) is 50.4. The van der Waals surface area contributed by atoms with Crippen LogP contribution in [-0.2, 0) is 63.3 Å². The maximum absolute atomic E-state index is 13.5. The zero-order valence-electron chi connectivity index (χ0n) is 92.3. The summed E-state index contributed by atoms with van der Waals surface area (Å²) in [5, 5.41) is 37.3. The molecule has 0 radical (unpaired) electrons. The van der Waals surface area contributed by atoms with Crippen LogP contribution < -0.4 is 0 Å². The molecule has 0 unspecified atom stereocenters. The Kier molecular flexibility index (Phi) is 60.8. The summed E-state index contributed by atoms with van der Waals surface area (Å²) in [6.07, 6.45) is 77.4. The van der Waals surface area contributed by atoms with Crippen LogP contribution in [0.5, 0.6) is 0 Å². The van der Waals surface area contributed by atoms with E-state index in [-0.39, 0.29) is 75.5 Å². The van der Waals surface area contributed by atoms with Gasteiger partial charge in [0.25, 0.3) is 0 Å². The summed E-state index contributed by atoms with van der Waals surface area (Å²) in [4.78, 5) is 102. The minimum absolute atomic E-state index is 0.0645. The number of aromatic nitrogens is 6. The zero-order chi connectivity index (χ0) is 111. The summed E-state index contributed by atoms with van der Waals surface area (Å²) >= 11 is 15.1. The number of esters is 6. The number of carbonyl (C=O) groups is 6. The van der Waals surface area contributed by atoms with Crippen molar-refractivity contribution in [2.75, 3.05) is 35.5 Å². The van der Waals surface area contributed by atoms with Crippen LogP contribution in [0.3, 0.4) is 0 Å². The van der Waals surface area contributed by atoms with E-state index in [0.717, 1.165) is 55.7 Å². The second-order valence-electron chi connectivity index (χ2n) is 40.3. The Morgan fingerprint density at radius 2 is 0.711 bits per heavy atom. The van der Waals surface area contributed by atoms with Gasteiger partial charge in [0.1, 0.15) is 22.2 Å². The Morgan fingerprint density at radius 1 is 0.376 bits per heavy atom. The molecule has 0 saturated heterocycles. The molecule has 1 fully saturated rings. The van der Waals surface area contributed by atoms with E-state index in [9.17, 15) is 39.0 Å². The largest absolute Gasteiger partial charge is 0.464 e. The molecule has 814 valence electrons. The number of ether oxygens (including phenoxy) is 7. The Labute approximate surface area is 930 Å². The van der Waals surface area contributed by atoms with Crippen LogP contribution in [0.15, 0.2) is 249 Å². The van der Waals surface area contributed by atoms with E-state index in [4.69, 9.17) is 28.1 Å². The molecule has 6 aromatic heterocycles. The summed E-state index contributed by atoms with van der Waals surface area (Å²) in [5.74, 6) is -0.00419. The second-order valence-corrected chi connectivity index (χ2v) is 51.6. The highest BCUT2D eigenvalue weighted by Gasteiger charge is 2.45. The second kappa shape index (κ2) is 68.7. The van der Waals surface area contributed by atoms with Crippen molar-refractivity contribution >= 4 is 156 Å². The molecule has 14 atom stereocenters. The van der Waals surface area contributed by atoms with Crippen molar-refractivity contribution in [1.29, 1.82) is 0 Å². The lowest BCUT2D eigenvalue weighted by molar-refractivity contribution is -0.0188. The molecule has 0 aromatic carbocycles. The molecule has 0 spiro atoms. The van der Waals surface area contributed by atoms with Gasteiger partial charge in [-0.05, 0) is 140 Å². The molecular weight excluding hydrogens is 2140 g/mol. The fourth-order valence-corrected chi connectivity index (χ4v) is 21.1. The molecule has 1 aliphatic rings. The molecule has 0 amide bonds. The van der Waals surface area contributed by atoms with Crippen molar-refractivity contribution in [3.05, 3.63) is 313 Å². The predicted molar refractivity (Wildman–Crippen MR) is 630 cm³/mol. The molecule has 6 aromatic rings. The van der Waals surface area contributed by atoms with Crippen molar-refractivity contribution < 1.29 is 76.6 Å². The average Bonchev–Trinajstić information content (AvgIpc) is 1.79. The number of methoxy groups -OCH3 is 5. The number of allylic oxidation sites excluding steroid dienone is 28. The SMILES string of the molecule is C/C=C/[C@H](C)C(C)(C)[C@@H](O)C\C=C/C=C\C=C\[C@H](C)Cc1nc(C(=O)OC)cs1.C/C=C/[C@H](C)C(C)(C)[C@H](C\C=C/C=C\C=C\[C@H](C)Cc1nc(C(=O)OC)cs1)OC(=O)c1csc(/C=C\Br)n1.C/C=C/[C@H](O[Si](C)(C)C(C)(C)C)C(C)(C)[C@@H](O)C/C=C\[C@H]1C[C@H]1/C=C/C=C\c1nc(C(=O)O[C@@H](C\C=C/C=C\C=C\[C@H](C)Cc2nc(C(=O)OC)cs2)C(C)(C)[C@@H](C)/C=C/C)cs1.COC(=O)c1csc(C[C@H](/C=C/C=C\Br)OC)n1. The lowest BCUT2D eigenvalue weighted by Crippen LogP contribution is -2.50. The summed E-state index contributed by atoms with van der Waals surface area (Å²) in [7, 11) is 5.03. The van der Waals surface area contributed by atoms with E-state index in [0.29, 0.717) is 89.9 Å². The summed E-state index contributed by atoms with van der Waals surface area (Å²) in [6, 6.07) is 0. The number of rotatable bonds is 55. The molecule has 6 heterocycles. The van der Waals surface area contributed by atoms with E-state index >= 15 is 0 Å². The molecule has 0 aliphatic heterocycles. The molecule has 149 heavy (non-hydrogen) atoms. The number of hydrogen-bond acceptors (Lipinski definition) is 28. The minimum Gasteiger partial charge on any atom is -0.464 e. The Hall–Kier alpha value is -9.32. The summed E-state index contributed by atoms with van der Waals surface area (Å²) < 4.78 is 43.1. The smallest absolute Gasteiger partial charge is 0.358 e. The van der Waals surface area contributed by atoms with Gasteiger partial charge in [-0.25, -0.2) is 58.7 Å². The highest BCUT2D eigenvalue weighted by Crippen LogP contribution is 2.45. The number of carbonyl (C=O) groups excluding carboxylic acids is 6. The predicted octanol–water partition coefficient (Wildman–Crippen LogP) is 30.8. The van der Waals surface area contributed by atoms with E-state index in [1.54, 1.807) is 55.4 Å². The van der Waals surface area contributed by atoms with Gasteiger partial charge in [-0.1, -0.05) is 356 Å². The minimum atomic E-state index is -2.02. The van der Waals surface area contributed by atoms with Gasteiger partial charge in [0.2, 0.25) is 0 Å². The molecule has 1 aliphatic carbocycles. The molecule has 0 bridgehead atoms. The lowest BCUT2D eigenvalue weighted by Gasteiger charge is -2.44. The highest BCUT2D eigenvalue weighted by molar-refractivity contribution is 9.11. The van der Waals surface area contributed by atoms with Gasteiger partial charge in [-0.2, -0.15) is 0 Å². The van der Waals surface area contributed by atoms with Crippen LogP contribution in [0.4, 0.5) is 0 Å². The maximum atomic E-state index is 13.5. The molecular formula is C118H162Br2N6O16S6Si. The average molecular weight is 2300 g/mol. The number of nitrogens with zero attached hydrogens (tertiary/aromatic N) is 6. The monoisotopic (exact) mass is 2300 g/mol. The van der Waals surface area contributed by atoms with Gasteiger partial charge in [-0.3, -0.25) is 0 Å². The van der Waals surface area contributed by atoms with Crippen molar-refractivity contribution in [2.24, 2.45) is 69.0 Å². The third-order valence-corrected chi connectivity index (χ3v) is 36.6. The van der Waals surface area contributed by atoms with Gasteiger partial charge in [-0.15, -0.1) is 68.0 Å². The van der Waals surface area contributed by atoms with Crippen molar-refractivity contribution in [3.63, 3.8) is 0 Å². The Bertz CT molecular complexity index is 5690. The molecule has 22 nitrogen and oxygen atoms in total. The fourth-order valence-electron chi connectivity index (χ4n) is 14.2. The Morgan fingerprint density at radius 3 is 1.08 bits per heavy atom. The summed E-state index contributed by atoms with van der Waals surface area (Å²) in [5.41, 5.74) is 0.834. The van der Waals surface area contributed by atoms with Crippen LogP contribution in [-0.4, -0.2) is 156 Å². The van der Waals surface area contributed by atoms with Gasteiger partial charge in [0, 0.05) is 94.2 Å². The normalized spacial score (nSPS) is 17.0. The van der Waals surface area contributed by atoms with Crippen LogP contribution in [0.1, 0.15) is 270 Å². The van der Waals surface area contributed by atoms with E-state index in [1.165, 1.54) is 96.5 Å². The zero-order valence-corrected chi connectivity index (χ0v) is 101. The maximum Gasteiger partial charge on any atom is 0.358 e. The first-order chi connectivity index (χ1) is 70.6. The number of aliphatic hydroxyl groups is 2. The van der Waals surface area contributed by atoms with Crippen LogP contribution >= 0.6 is 99.9 Å². The number of hydrogen-bond donors (Lipinski definition) is 2. The quantitative estimate of drug-likeness (QED) is 0.0118. The Balaban J connectivity index is 0.000000456.